The largest absolute Gasteiger partial charge is 0.495 e. The number of anilines is 2. The van der Waals surface area contributed by atoms with Crippen LogP contribution in [0, 0.1) is 0 Å². The van der Waals surface area contributed by atoms with Gasteiger partial charge in [0.1, 0.15) is 5.75 Å². The highest BCUT2D eigenvalue weighted by Crippen LogP contribution is 2.35. The first-order chi connectivity index (χ1) is 13.2. The molecule has 4 aromatic rings. The molecule has 0 fully saturated rings. The van der Waals surface area contributed by atoms with Crippen LogP contribution in [0.4, 0.5) is 15.6 Å². The smallest absolute Gasteiger partial charge is 0.418 e. The summed E-state index contributed by atoms with van der Waals surface area (Å²) in [4.78, 5) is 21.7. The van der Waals surface area contributed by atoms with Gasteiger partial charge in [-0.25, -0.2) is 14.7 Å². The lowest BCUT2D eigenvalue weighted by Gasteiger charge is -2.15. The van der Waals surface area contributed by atoms with Crippen molar-refractivity contribution in [1.82, 2.24) is 9.97 Å². The summed E-state index contributed by atoms with van der Waals surface area (Å²) in [5.74, 6) is 0.679. The van der Waals surface area contributed by atoms with E-state index in [9.17, 15) is 9.90 Å². The first-order valence-corrected chi connectivity index (χ1v) is 8.95. The molecule has 2 heterocycles. The molecule has 0 spiro atoms. The zero-order valence-electron chi connectivity index (χ0n) is 14.4. The van der Waals surface area contributed by atoms with Crippen LogP contribution in [0.1, 0.15) is 0 Å². The molecule has 0 radical (unpaired) electrons. The van der Waals surface area contributed by atoms with Gasteiger partial charge in [0, 0.05) is 11.8 Å². The normalized spacial score (nSPS) is 10.7. The van der Waals surface area contributed by atoms with E-state index < -0.39 is 6.09 Å². The van der Waals surface area contributed by atoms with Crippen LogP contribution < -0.4 is 9.64 Å². The van der Waals surface area contributed by atoms with Crippen molar-refractivity contribution in [3.8, 4) is 16.9 Å². The first kappa shape index (κ1) is 17.0. The van der Waals surface area contributed by atoms with Gasteiger partial charge in [0.25, 0.3) is 0 Å². The van der Waals surface area contributed by atoms with Crippen molar-refractivity contribution in [2.75, 3.05) is 12.0 Å². The minimum absolute atomic E-state index is 0.407. The Bertz CT molecular complexity index is 1110. The Balaban J connectivity index is 1.77. The van der Waals surface area contributed by atoms with Crippen molar-refractivity contribution in [1.29, 1.82) is 0 Å². The molecule has 0 saturated carbocycles. The van der Waals surface area contributed by atoms with E-state index in [1.165, 1.54) is 16.2 Å². The minimum Gasteiger partial charge on any atom is -0.495 e. The van der Waals surface area contributed by atoms with Crippen LogP contribution in [0.5, 0.6) is 5.75 Å². The third-order valence-electron chi connectivity index (χ3n) is 4.06. The van der Waals surface area contributed by atoms with E-state index in [1.807, 2.05) is 30.3 Å². The number of carbonyl (C=O) groups is 1. The van der Waals surface area contributed by atoms with Crippen LogP contribution in [0.25, 0.3) is 21.3 Å². The van der Waals surface area contributed by atoms with Gasteiger partial charge in [-0.1, -0.05) is 35.6 Å². The van der Waals surface area contributed by atoms with Crippen LogP contribution in [-0.4, -0.2) is 28.3 Å². The number of rotatable bonds is 4. The second kappa shape index (κ2) is 7.05. The maximum Gasteiger partial charge on any atom is 0.418 e. The van der Waals surface area contributed by atoms with Crippen LogP contribution in [0.3, 0.4) is 0 Å². The number of thiazole rings is 1. The Kier molecular flexibility index (Phi) is 4.43. The Morgan fingerprint density at radius 1 is 1.07 bits per heavy atom. The number of pyridine rings is 1. The Morgan fingerprint density at radius 2 is 1.89 bits per heavy atom. The predicted octanol–water partition coefficient (Wildman–Crippen LogP) is 5.18. The van der Waals surface area contributed by atoms with Crippen molar-refractivity contribution < 1.29 is 14.6 Å². The van der Waals surface area contributed by atoms with E-state index in [2.05, 4.69) is 9.97 Å². The standard InChI is InChI=1S/C20H15N3O3S/c1-26-16-9-14(11-21-12-16)13-7-8-17-18(10-13)27-19(22-17)23(20(24)25)15-5-3-2-4-6-15/h2-12H,1H3,(H,24,25). The third kappa shape index (κ3) is 3.32. The zero-order valence-corrected chi connectivity index (χ0v) is 15.2. The molecule has 0 aliphatic rings. The molecule has 27 heavy (non-hydrogen) atoms. The van der Waals surface area contributed by atoms with Crippen LogP contribution in [0.2, 0.25) is 0 Å². The molecule has 0 unspecified atom stereocenters. The van der Waals surface area contributed by atoms with Crippen molar-refractivity contribution in [3.05, 3.63) is 67.0 Å². The number of fused-ring (bicyclic) bond motifs is 1. The summed E-state index contributed by atoms with van der Waals surface area (Å²) in [7, 11) is 1.60. The highest BCUT2D eigenvalue weighted by atomic mass is 32.1. The van der Waals surface area contributed by atoms with Gasteiger partial charge in [0.2, 0.25) is 5.13 Å². The molecular weight excluding hydrogens is 362 g/mol. The first-order valence-electron chi connectivity index (χ1n) is 8.14. The van der Waals surface area contributed by atoms with E-state index in [-0.39, 0.29) is 0 Å². The minimum atomic E-state index is -1.07. The second-order valence-electron chi connectivity index (χ2n) is 5.75. The van der Waals surface area contributed by atoms with Gasteiger partial charge in [-0.3, -0.25) is 4.98 Å². The molecule has 0 atom stereocenters. The summed E-state index contributed by atoms with van der Waals surface area (Å²) in [6.45, 7) is 0. The number of hydrogen-bond donors (Lipinski definition) is 1. The van der Waals surface area contributed by atoms with Crippen LogP contribution in [-0.2, 0) is 0 Å². The maximum atomic E-state index is 11.8. The van der Waals surface area contributed by atoms with Gasteiger partial charge in [-0.15, -0.1) is 0 Å². The summed E-state index contributed by atoms with van der Waals surface area (Å²) < 4.78 is 6.13. The average molecular weight is 377 g/mol. The summed E-state index contributed by atoms with van der Waals surface area (Å²) in [5, 5.41) is 10.1. The number of amides is 1. The topological polar surface area (TPSA) is 75.6 Å². The van der Waals surface area contributed by atoms with Crippen molar-refractivity contribution >= 4 is 38.5 Å². The monoisotopic (exact) mass is 377 g/mol. The molecule has 134 valence electrons. The number of aromatic nitrogens is 2. The molecule has 0 saturated heterocycles. The molecule has 4 rings (SSSR count). The van der Waals surface area contributed by atoms with Crippen LogP contribution in [0.15, 0.2) is 67.0 Å². The predicted molar refractivity (Wildman–Crippen MR) is 106 cm³/mol. The Morgan fingerprint density at radius 3 is 2.63 bits per heavy atom. The summed E-state index contributed by atoms with van der Waals surface area (Å²) in [5.41, 5.74) is 3.19. The van der Waals surface area contributed by atoms with Crippen LogP contribution >= 0.6 is 11.3 Å². The molecule has 1 N–H and O–H groups in total. The molecule has 7 heteroatoms. The molecule has 6 nitrogen and oxygen atoms in total. The lowest BCUT2D eigenvalue weighted by atomic mass is 10.1. The number of benzene rings is 2. The second-order valence-corrected chi connectivity index (χ2v) is 6.76. The Labute approximate surface area is 159 Å². The molecular formula is C20H15N3O3S. The number of carboxylic acid groups (broad SMARTS) is 1. The van der Waals surface area contributed by atoms with Gasteiger partial charge in [-0.2, -0.15) is 0 Å². The fourth-order valence-electron chi connectivity index (χ4n) is 2.76. The fourth-order valence-corrected chi connectivity index (χ4v) is 3.78. The van der Waals surface area contributed by atoms with Gasteiger partial charge in [0.15, 0.2) is 0 Å². The van der Waals surface area contributed by atoms with Gasteiger partial charge in [0.05, 0.1) is 29.2 Å². The summed E-state index contributed by atoms with van der Waals surface area (Å²) in [6, 6.07) is 16.6. The highest BCUT2D eigenvalue weighted by molar-refractivity contribution is 7.22. The fraction of sp³-hybridized carbons (Fsp3) is 0.0500. The molecule has 2 aromatic carbocycles. The van der Waals surface area contributed by atoms with Crippen molar-refractivity contribution in [2.45, 2.75) is 0 Å². The third-order valence-corrected chi connectivity index (χ3v) is 5.06. The van der Waals surface area contributed by atoms with E-state index in [0.29, 0.717) is 16.6 Å². The van der Waals surface area contributed by atoms with E-state index >= 15 is 0 Å². The van der Waals surface area contributed by atoms with Gasteiger partial charge in [-0.05, 0) is 35.9 Å². The molecule has 1 amide bonds. The van der Waals surface area contributed by atoms with E-state index in [1.54, 1.807) is 43.8 Å². The van der Waals surface area contributed by atoms with E-state index in [0.717, 1.165) is 21.3 Å². The molecule has 2 aromatic heterocycles. The summed E-state index contributed by atoms with van der Waals surface area (Å²) in [6.07, 6.45) is 2.34. The molecule has 0 aliphatic carbocycles. The van der Waals surface area contributed by atoms with Gasteiger partial charge < -0.3 is 9.84 Å². The maximum absolute atomic E-state index is 11.8. The SMILES string of the molecule is COc1cncc(-c2ccc3nc(N(C(=O)O)c4ccccc4)sc3c2)c1. The number of hydrogen-bond acceptors (Lipinski definition) is 5. The van der Waals surface area contributed by atoms with Crippen molar-refractivity contribution in [2.24, 2.45) is 0 Å². The number of para-hydroxylation sites is 1. The quantitative estimate of drug-likeness (QED) is 0.530. The molecule has 0 bridgehead atoms. The van der Waals surface area contributed by atoms with Crippen molar-refractivity contribution in [3.63, 3.8) is 0 Å². The van der Waals surface area contributed by atoms with E-state index in [4.69, 9.17) is 4.74 Å². The summed E-state index contributed by atoms with van der Waals surface area (Å²) >= 11 is 1.33. The zero-order chi connectivity index (χ0) is 18.8. The average Bonchev–Trinajstić information content (AvgIpc) is 3.11. The lowest BCUT2D eigenvalue weighted by Crippen LogP contribution is -2.23. The van der Waals surface area contributed by atoms with Gasteiger partial charge >= 0.3 is 6.09 Å². The highest BCUT2D eigenvalue weighted by Gasteiger charge is 2.21. The lowest BCUT2D eigenvalue weighted by molar-refractivity contribution is 0.205. The number of nitrogens with zero attached hydrogens (tertiary/aromatic N) is 3. The number of methoxy groups -OCH3 is 1. The number of ether oxygens (including phenoxy) is 1. The Hall–Kier alpha value is -3.45. The molecule has 0 aliphatic heterocycles.